The summed E-state index contributed by atoms with van der Waals surface area (Å²) in [6.45, 7) is 5.37. The number of aryl methyl sites for hydroxylation is 1. The highest BCUT2D eigenvalue weighted by molar-refractivity contribution is 5.78. The molecule has 24 heavy (non-hydrogen) atoms. The molecule has 1 amide bonds. The van der Waals surface area contributed by atoms with E-state index in [1.807, 2.05) is 0 Å². The molecular formula is C21H32N2O. The number of anilines is 1. The minimum absolute atomic E-state index is 0.268. The maximum absolute atomic E-state index is 12.2. The zero-order valence-electron chi connectivity index (χ0n) is 15.2. The van der Waals surface area contributed by atoms with Crippen molar-refractivity contribution in [3.63, 3.8) is 0 Å². The maximum atomic E-state index is 12.2. The van der Waals surface area contributed by atoms with Gasteiger partial charge < -0.3 is 10.2 Å². The number of hydrogen-bond donors (Lipinski definition) is 1. The molecule has 0 atom stereocenters. The van der Waals surface area contributed by atoms with Crippen molar-refractivity contribution >= 4 is 11.6 Å². The summed E-state index contributed by atoms with van der Waals surface area (Å²) in [7, 11) is 0. The first-order valence-corrected chi connectivity index (χ1v) is 9.92. The minimum atomic E-state index is 0.268. The van der Waals surface area contributed by atoms with Crippen LogP contribution in [0.4, 0.5) is 5.69 Å². The van der Waals surface area contributed by atoms with Gasteiger partial charge in [0, 0.05) is 31.2 Å². The summed E-state index contributed by atoms with van der Waals surface area (Å²) in [5.41, 5.74) is 4.28. The number of rotatable bonds is 6. The highest BCUT2D eigenvalue weighted by Crippen LogP contribution is 2.28. The lowest BCUT2D eigenvalue weighted by Crippen LogP contribution is -2.33. The van der Waals surface area contributed by atoms with Crippen molar-refractivity contribution < 1.29 is 4.79 Å². The molecule has 1 fully saturated rings. The van der Waals surface area contributed by atoms with Gasteiger partial charge in [-0.1, -0.05) is 38.3 Å². The van der Waals surface area contributed by atoms with E-state index in [4.69, 9.17) is 0 Å². The number of fused-ring (bicyclic) bond motifs is 1. The van der Waals surface area contributed by atoms with Crippen molar-refractivity contribution in [2.45, 2.75) is 64.7 Å². The Kier molecular flexibility index (Phi) is 6.17. The average molecular weight is 329 g/mol. The van der Waals surface area contributed by atoms with E-state index in [2.05, 4.69) is 35.3 Å². The van der Waals surface area contributed by atoms with Gasteiger partial charge in [-0.3, -0.25) is 4.79 Å². The van der Waals surface area contributed by atoms with Crippen LogP contribution in [0.5, 0.6) is 0 Å². The lowest BCUT2D eigenvalue weighted by atomic mass is 9.88. The topological polar surface area (TPSA) is 32.3 Å². The summed E-state index contributed by atoms with van der Waals surface area (Å²) in [4.78, 5) is 14.7. The molecule has 0 aromatic heterocycles. The van der Waals surface area contributed by atoms with Gasteiger partial charge in [0.15, 0.2) is 0 Å². The van der Waals surface area contributed by atoms with Gasteiger partial charge in [0.25, 0.3) is 0 Å². The molecule has 0 bridgehead atoms. The Morgan fingerprint density at radius 2 is 2.04 bits per heavy atom. The van der Waals surface area contributed by atoms with Gasteiger partial charge in [0.05, 0.1) is 0 Å². The van der Waals surface area contributed by atoms with Crippen molar-refractivity contribution in [3.05, 3.63) is 29.3 Å². The van der Waals surface area contributed by atoms with Crippen LogP contribution in [0.1, 0.15) is 63.0 Å². The molecule has 1 aliphatic heterocycles. The van der Waals surface area contributed by atoms with Crippen molar-refractivity contribution in [1.82, 2.24) is 5.32 Å². The van der Waals surface area contributed by atoms with Crippen LogP contribution >= 0.6 is 0 Å². The monoisotopic (exact) mass is 328 g/mol. The summed E-state index contributed by atoms with van der Waals surface area (Å²) >= 11 is 0. The van der Waals surface area contributed by atoms with Crippen LogP contribution in [0.2, 0.25) is 0 Å². The van der Waals surface area contributed by atoms with Crippen molar-refractivity contribution in [2.75, 3.05) is 24.5 Å². The smallest absolute Gasteiger partial charge is 0.223 e. The number of carbonyl (C=O) groups is 1. The van der Waals surface area contributed by atoms with Gasteiger partial charge in [-0.2, -0.15) is 0 Å². The largest absolute Gasteiger partial charge is 0.371 e. The molecule has 1 N–H and O–H groups in total. The maximum Gasteiger partial charge on any atom is 0.223 e. The highest BCUT2D eigenvalue weighted by Gasteiger charge is 2.20. The Morgan fingerprint density at radius 3 is 2.83 bits per heavy atom. The van der Waals surface area contributed by atoms with Crippen LogP contribution in [0.3, 0.4) is 0 Å². The molecule has 1 heterocycles. The molecule has 0 radical (unpaired) electrons. The van der Waals surface area contributed by atoms with E-state index in [0.717, 1.165) is 32.4 Å². The van der Waals surface area contributed by atoms with E-state index < -0.39 is 0 Å². The van der Waals surface area contributed by atoms with E-state index in [1.165, 1.54) is 61.9 Å². The molecule has 1 saturated carbocycles. The van der Waals surface area contributed by atoms with E-state index in [9.17, 15) is 4.79 Å². The van der Waals surface area contributed by atoms with Gasteiger partial charge in [-0.05, 0) is 55.7 Å². The molecular weight excluding hydrogens is 296 g/mol. The fourth-order valence-corrected chi connectivity index (χ4v) is 4.23. The Balaban J connectivity index is 1.51. The number of amides is 1. The number of benzene rings is 1. The molecule has 0 saturated heterocycles. The zero-order valence-corrected chi connectivity index (χ0v) is 15.2. The van der Waals surface area contributed by atoms with Gasteiger partial charge in [-0.25, -0.2) is 0 Å². The van der Waals surface area contributed by atoms with Crippen LogP contribution in [-0.4, -0.2) is 25.5 Å². The summed E-state index contributed by atoms with van der Waals surface area (Å²) in [6, 6.07) is 6.91. The molecule has 3 heteroatoms. The number of nitrogens with zero attached hydrogens (tertiary/aromatic N) is 1. The number of carbonyl (C=O) groups excluding carboxylic acids is 1. The summed E-state index contributed by atoms with van der Waals surface area (Å²) in [5, 5.41) is 3.16. The third-order valence-electron chi connectivity index (χ3n) is 5.54. The van der Waals surface area contributed by atoms with Crippen molar-refractivity contribution in [3.8, 4) is 0 Å². The van der Waals surface area contributed by atoms with Gasteiger partial charge >= 0.3 is 0 Å². The second-order valence-electron chi connectivity index (χ2n) is 7.43. The van der Waals surface area contributed by atoms with Gasteiger partial charge in [-0.15, -0.1) is 0 Å². The Labute approximate surface area is 146 Å². The van der Waals surface area contributed by atoms with E-state index >= 15 is 0 Å². The van der Waals surface area contributed by atoms with Crippen molar-refractivity contribution in [2.24, 2.45) is 5.92 Å². The zero-order chi connectivity index (χ0) is 16.8. The van der Waals surface area contributed by atoms with Crippen molar-refractivity contribution in [1.29, 1.82) is 0 Å². The standard InChI is InChI=1S/C21H32N2O/c1-2-14-23-15-6-9-19-16-17(10-11-20(19)23)12-13-22-21(24)18-7-4-3-5-8-18/h10-11,16,18H,2-9,12-15H2,1H3,(H,22,24). The third kappa shape index (κ3) is 4.31. The van der Waals surface area contributed by atoms with E-state index in [1.54, 1.807) is 0 Å². The first-order chi connectivity index (χ1) is 11.8. The van der Waals surface area contributed by atoms with E-state index in [0.29, 0.717) is 0 Å². The molecule has 1 aromatic carbocycles. The molecule has 0 unspecified atom stereocenters. The van der Waals surface area contributed by atoms with Crippen LogP contribution < -0.4 is 10.2 Å². The molecule has 0 spiro atoms. The first-order valence-electron chi connectivity index (χ1n) is 9.92. The molecule has 3 nitrogen and oxygen atoms in total. The highest BCUT2D eigenvalue weighted by atomic mass is 16.1. The second-order valence-corrected chi connectivity index (χ2v) is 7.43. The average Bonchev–Trinajstić information content (AvgIpc) is 2.63. The van der Waals surface area contributed by atoms with E-state index in [-0.39, 0.29) is 11.8 Å². The van der Waals surface area contributed by atoms with Crippen LogP contribution in [0.25, 0.3) is 0 Å². The third-order valence-corrected chi connectivity index (χ3v) is 5.54. The summed E-state index contributed by atoms with van der Waals surface area (Å²) in [5.74, 6) is 0.548. The minimum Gasteiger partial charge on any atom is -0.371 e. The van der Waals surface area contributed by atoms with Crippen LogP contribution in [-0.2, 0) is 17.6 Å². The predicted octanol–water partition coefficient (Wildman–Crippen LogP) is 4.09. The Bertz CT molecular complexity index is 549. The summed E-state index contributed by atoms with van der Waals surface area (Å²) in [6.07, 6.45) is 10.5. The number of nitrogens with one attached hydrogen (secondary N) is 1. The first kappa shape index (κ1) is 17.3. The lowest BCUT2D eigenvalue weighted by Gasteiger charge is -2.31. The lowest BCUT2D eigenvalue weighted by molar-refractivity contribution is -0.125. The number of hydrogen-bond acceptors (Lipinski definition) is 2. The molecule has 2 aliphatic rings. The van der Waals surface area contributed by atoms with Gasteiger partial charge in [0.2, 0.25) is 5.91 Å². The molecule has 1 aromatic rings. The molecule has 3 rings (SSSR count). The fourth-order valence-electron chi connectivity index (χ4n) is 4.23. The molecule has 132 valence electrons. The second kappa shape index (κ2) is 8.55. The van der Waals surface area contributed by atoms with Gasteiger partial charge in [0.1, 0.15) is 0 Å². The molecule has 1 aliphatic carbocycles. The van der Waals surface area contributed by atoms with Crippen LogP contribution in [0, 0.1) is 5.92 Å². The fraction of sp³-hybridized carbons (Fsp3) is 0.667. The summed E-state index contributed by atoms with van der Waals surface area (Å²) < 4.78 is 0. The SMILES string of the molecule is CCCN1CCCc2cc(CCNC(=O)C3CCCCC3)ccc21. The normalized spacial score (nSPS) is 18.3. The Hall–Kier alpha value is -1.51. The quantitative estimate of drug-likeness (QED) is 0.853. The van der Waals surface area contributed by atoms with Crippen LogP contribution in [0.15, 0.2) is 18.2 Å². The Morgan fingerprint density at radius 1 is 1.21 bits per heavy atom. The predicted molar refractivity (Wildman–Crippen MR) is 101 cm³/mol.